The van der Waals surface area contributed by atoms with Crippen molar-refractivity contribution in [3.05, 3.63) is 115 Å². The Hall–Kier alpha value is -3.24. The van der Waals surface area contributed by atoms with Gasteiger partial charge in [-0.2, -0.15) is 13.2 Å². The minimum atomic E-state index is -3.67. The molecule has 5 rings (SSSR count). The summed E-state index contributed by atoms with van der Waals surface area (Å²) in [7, 11) is -0.164. The van der Waals surface area contributed by atoms with Gasteiger partial charge in [0.25, 0.3) is 0 Å². The van der Waals surface area contributed by atoms with E-state index in [9.17, 15) is 13.2 Å². The number of rotatable bonds is 3. The highest BCUT2D eigenvalue weighted by Gasteiger charge is 2.31. The van der Waals surface area contributed by atoms with E-state index >= 15 is 0 Å². The van der Waals surface area contributed by atoms with Crippen LogP contribution in [0.3, 0.4) is 0 Å². The number of fused-ring (bicyclic) bond motifs is 2. The van der Waals surface area contributed by atoms with Gasteiger partial charge >= 0.3 is 6.68 Å². The van der Waals surface area contributed by atoms with Crippen LogP contribution in [0.1, 0.15) is 0 Å². The number of benzene rings is 5. The van der Waals surface area contributed by atoms with Gasteiger partial charge < -0.3 is 0 Å². The second kappa shape index (κ2) is 9.71. The second-order valence-corrected chi connectivity index (χ2v) is 8.78. The maximum absolute atomic E-state index is 9.67. The van der Waals surface area contributed by atoms with Gasteiger partial charge in [-0.25, -0.2) is 0 Å². The molecule has 0 radical (unpaired) electrons. The molecule has 0 amide bonds. The molecule has 5 aromatic carbocycles. The molecule has 5 aromatic rings. The van der Waals surface area contributed by atoms with Crippen molar-refractivity contribution < 1.29 is 13.2 Å². The second-order valence-electron chi connectivity index (χ2n) is 6.82. The highest BCUT2D eigenvalue weighted by molar-refractivity contribution is 7.97. The van der Waals surface area contributed by atoms with Crippen LogP contribution < -0.4 is 0 Å². The summed E-state index contributed by atoms with van der Waals surface area (Å²) in [6.45, 7) is -3.67. The maximum atomic E-state index is 9.67. The normalized spacial score (nSPS) is 11.0. The lowest BCUT2D eigenvalue weighted by Gasteiger charge is -2.12. The Morgan fingerprint density at radius 2 is 0.839 bits per heavy atom. The fourth-order valence-corrected chi connectivity index (χ4v) is 6.09. The predicted octanol–water partition coefficient (Wildman–Crippen LogP) is 8.27. The van der Waals surface area contributed by atoms with Gasteiger partial charge in [-0.15, -0.1) is 0 Å². The predicted molar refractivity (Wildman–Crippen MR) is 124 cm³/mol. The molecule has 0 saturated heterocycles. The van der Waals surface area contributed by atoms with Crippen LogP contribution in [-0.4, -0.2) is 6.68 Å². The SMILES string of the molecule is FC(F)F.c1ccc([S+](c2cccc3ccccc23)c2cccc3ccccc23)cc1. The molecule has 0 nitrogen and oxygen atoms in total. The third-order valence-corrected chi connectivity index (χ3v) is 7.25. The van der Waals surface area contributed by atoms with Crippen molar-refractivity contribution in [1.82, 2.24) is 0 Å². The minimum Gasteiger partial charge on any atom is -0.174 e. The van der Waals surface area contributed by atoms with Crippen molar-refractivity contribution in [3.63, 3.8) is 0 Å². The Balaban J connectivity index is 0.000000535. The van der Waals surface area contributed by atoms with Crippen LogP contribution in [0.4, 0.5) is 13.2 Å². The standard InChI is InChI=1S/C26H19S.CHF3/c1-2-14-22(15-3-1)27(25-18-8-12-20-10-4-6-16-23(20)25)26-19-9-13-21-11-5-7-17-24(21)26;2-1(3)4/h1-19H;1H/q+1;. The van der Waals surface area contributed by atoms with Crippen molar-refractivity contribution in [2.45, 2.75) is 21.4 Å². The Labute approximate surface area is 182 Å². The van der Waals surface area contributed by atoms with Crippen LogP contribution in [0.25, 0.3) is 21.5 Å². The third kappa shape index (κ3) is 4.75. The van der Waals surface area contributed by atoms with Crippen molar-refractivity contribution in [3.8, 4) is 0 Å². The number of hydrogen-bond acceptors (Lipinski definition) is 0. The molecule has 0 spiro atoms. The lowest BCUT2D eigenvalue weighted by molar-refractivity contribution is 0.00819. The summed E-state index contributed by atoms with van der Waals surface area (Å²) in [6, 6.07) is 41.7. The monoisotopic (exact) mass is 433 g/mol. The average molecular weight is 434 g/mol. The van der Waals surface area contributed by atoms with Gasteiger partial charge in [-0.3, -0.25) is 0 Å². The first-order valence-corrected chi connectivity index (χ1v) is 11.0. The molecule has 0 aromatic heterocycles. The van der Waals surface area contributed by atoms with E-state index < -0.39 is 6.68 Å². The molecule has 4 heteroatoms. The Kier molecular flexibility index (Phi) is 6.58. The summed E-state index contributed by atoms with van der Waals surface area (Å²) in [6.07, 6.45) is 0. The zero-order valence-electron chi connectivity index (χ0n) is 16.6. The maximum Gasteiger partial charge on any atom is 0.379 e. The van der Waals surface area contributed by atoms with Crippen LogP contribution in [0.15, 0.2) is 130 Å². The number of hydrogen-bond donors (Lipinski definition) is 0. The molecule has 0 atom stereocenters. The fraction of sp³-hybridized carbons (Fsp3) is 0.0370. The number of alkyl halides is 3. The average Bonchev–Trinajstić information content (AvgIpc) is 2.80. The van der Waals surface area contributed by atoms with Crippen LogP contribution in [0.5, 0.6) is 0 Å². The van der Waals surface area contributed by atoms with E-state index in [0.29, 0.717) is 0 Å². The van der Waals surface area contributed by atoms with Gasteiger partial charge in [-0.05, 0) is 47.2 Å². The van der Waals surface area contributed by atoms with E-state index in [1.807, 2.05) is 0 Å². The van der Waals surface area contributed by atoms with Crippen LogP contribution in [0.2, 0.25) is 0 Å². The topological polar surface area (TPSA) is 0 Å². The van der Waals surface area contributed by atoms with Crippen molar-refractivity contribution >= 4 is 32.4 Å². The van der Waals surface area contributed by atoms with Gasteiger partial charge in [-0.1, -0.05) is 78.9 Å². The Morgan fingerprint density at radius 3 is 1.32 bits per heavy atom. The third-order valence-electron chi connectivity index (χ3n) is 4.92. The lowest BCUT2D eigenvalue weighted by atomic mass is 10.1. The summed E-state index contributed by atoms with van der Waals surface area (Å²) >= 11 is 0. The zero-order chi connectivity index (χ0) is 21.6. The van der Waals surface area contributed by atoms with Crippen LogP contribution in [0, 0.1) is 0 Å². The van der Waals surface area contributed by atoms with E-state index in [4.69, 9.17) is 0 Å². The zero-order valence-corrected chi connectivity index (χ0v) is 17.4. The summed E-state index contributed by atoms with van der Waals surface area (Å²) in [5, 5.41) is 5.26. The summed E-state index contributed by atoms with van der Waals surface area (Å²) in [5.41, 5.74) is 0. The summed E-state index contributed by atoms with van der Waals surface area (Å²) < 4.78 is 29.0. The first kappa shape index (κ1) is 21.0. The van der Waals surface area contributed by atoms with Crippen LogP contribution >= 0.6 is 0 Å². The van der Waals surface area contributed by atoms with Gasteiger partial charge in [0, 0.05) is 10.8 Å². The number of halogens is 3. The summed E-state index contributed by atoms with van der Waals surface area (Å²) in [4.78, 5) is 4.12. The van der Waals surface area contributed by atoms with Gasteiger partial charge in [0.05, 0.1) is 0 Å². The van der Waals surface area contributed by atoms with Gasteiger partial charge in [0.2, 0.25) is 0 Å². The van der Waals surface area contributed by atoms with Crippen molar-refractivity contribution in [2.75, 3.05) is 0 Å². The van der Waals surface area contributed by atoms with Crippen LogP contribution in [-0.2, 0) is 10.9 Å². The van der Waals surface area contributed by atoms with Crippen molar-refractivity contribution in [2.24, 2.45) is 0 Å². The molecule has 0 heterocycles. The minimum absolute atomic E-state index is 0.164. The smallest absolute Gasteiger partial charge is 0.174 e. The van der Waals surface area contributed by atoms with E-state index in [1.165, 1.54) is 36.2 Å². The molecular weight excluding hydrogens is 413 g/mol. The molecule has 154 valence electrons. The quantitative estimate of drug-likeness (QED) is 0.251. The van der Waals surface area contributed by atoms with E-state index in [-0.39, 0.29) is 10.9 Å². The van der Waals surface area contributed by atoms with E-state index in [2.05, 4.69) is 115 Å². The fourth-order valence-electron chi connectivity index (χ4n) is 3.68. The summed E-state index contributed by atoms with van der Waals surface area (Å²) in [5.74, 6) is 0. The Bertz CT molecular complexity index is 1190. The molecular formula is C27H20F3S+. The molecule has 0 saturated carbocycles. The molecule has 0 aliphatic rings. The molecule has 0 unspecified atom stereocenters. The Morgan fingerprint density at radius 1 is 0.452 bits per heavy atom. The van der Waals surface area contributed by atoms with Gasteiger partial charge in [0.15, 0.2) is 14.7 Å². The molecule has 0 bridgehead atoms. The highest BCUT2D eigenvalue weighted by Crippen LogP contribution is 2.38. The van der Waals surface area contributed by atoms with Gasteiger partial charge in [0.1, 0.15) is 10.9 Å². The molecule has 0 fully saturated rings. The van der Waals surface area contributed by atoms with Crippen molar-refractivity contribution in [1.29, 1.82) is 0 Å². The first-order valence-electron chi connectivity index (χ1n) is 9.82. The molecule has 0 aliphatic heterocycles. The molecule has 0 aliphatic carbocycles. The first-order chi connectivity index (χ1) is 15.1. The lowest BCUT2D eigenvalue weighted by Crippen LogP contribution is -2.06. The molecule has 31 heavy (non-hydrogen) atoms. The van der Waals surface area contributed by atoms with E-state index in [0.717, 1.165) is 0 Å². The molecule has 0 N–H and O–H groups in total. The van der Waals surface area contributed by atoms with E-state index in [1.54, 1.807) is 0 Å². The largest absolute Gasteiger partial charge is 0.379 e. The highest BCUT2D eigenvalue weighted by atomic mass is 32.2.